The van der Waals surface area contributed by atoms with Gasteiger partial charge in [-0.1, -0.05) is 95.2 Å². The first kappa shape index (κ1) is 18.0. The fraction of sp³-hybridized carbons (Fsp3) is 0.619. The smallest absolute Gasteiger partial charge is 0.0257 e. The van der Waals surface area contributed by atoms with Gasteiger partial charge in [-0.3, -0.25) is 0 Å². The van der Waals surface area contributed by atoms with Crippen LogP contribution in [0, 0.1) is 5.92 Å². The molecule has 0 heterocycles. The van der Waals surface area contributed by atoms with Crippen molar-refractivity contribution >= 4 is 6.08 Å². The first-order valence-electron chi connectivity index (χ1n) is 8.94. The molecule has 0 heteroatoms. The number of unbranched alkanes of at least 4 members (excludes halogenated alkanes) is 6. The molecular formula is C21H34. The van der Waals surface area contributed by atoms with E-state index in [1.54, 1.807) is 0 Å². The molecule has 1 aromatic rings. The zero-order valence-corrected chi connectivity index (χ0v) is 14.4. The van der Waals surface area contributed by atoms with E-state index >= 15 is 0 Å². The lowest BCUT2D eigenvalue weighted by atomic mass is 10.0. The lowest BCUT2D eigenvalue weighted by molar-refractivity contribution is 0.509. The average molecular weight is 287 g/mol. The highest BCUT2D eigenvalue weighted by atomic mass is 14.0. The van der Waals surface area contributed by atoms with Crippen molar-refractivity contribution < 1.29 is 0 Å². The second-order valence-electron chi connectivity index (χ2n) is 6.65. The van der Waals surface area contributed by atoms with Gasteiger partial charge in [0, 0.05) is 0 Å². The third kappa shape index (κ3) is 9.50. The van der Waals surface area contributed by atoms with E-state index in [1.807, 2.05) is 0 Å². The van der Waals surface area contributed by atoms with E-state index in [2.05, 4.69) is 57.2 Å². The molecule has 0 saturated heterocycles. The molecule has 0 radical (unpaired) electrons. The Labute approximate surface area is 132 Å². The van der Waals surface area contributed by atoms with Gasteiger partial charge in [0.15, 0.2) is 0 Å². The monoisotopic (exact) mass is 286 g/mol. The maximum atomic E-state index is 2.33. The fourth-order valence-corrected chi connectivity index (χ4v) is 2.81. The molecule has 0 atom stereocenters. The Morgan fingerprint density at radius 3 is 2.24 bits per heavy atom. The SMILES string of the molecule is CC=Cc1cccc(CCCCCCCCCC(C)C)c1. The molecule has 0 nitrogen and oxygen atoms in total. The summed E-state index contributed by atoms with van der Waals surface area (Å²) in [6.45, 7) is 6.73. The molecule has 1 rings (SSSR count). The molecule has 1 aromatic carbocycles. The van der Waals surface area contributed by atoms with Crippen LogP contribution in [0.25, 0.3) is 6.08 Å². The first-order valence-corrected chi connectivity index (χ1v) is 8.94. The van der Waals surface area contributed by atoms with E-state index in [0.717, 1.165) is 5.92 Å². The molecule has 0 fully saturated rings. The minimum Gasteiger partial charge on any atom is -0.0871 e. The summed E-state index contributed by atoms with van der Waals surface area (Å²) in [5.41, 5.74) is 2.82. The van der Waals surface area contributed by atoms with E-state index in [9.17, 15) is 0 Å². The van der Waals surface area contributed by atoms with Crippen LogP contribution in [0.1, 0.15) is 83.3 Å². The molecule has 0 spiro atoms. The summed E-state index contributed by atoms with van der Waals surface area (Å²) in [4.78, 5) is 0. The van der Waals surface area contributed by atoms with Crippen molar-refractivity contribution in [3.8, 4) is 0 Å². The summed E-state index contributed by atoms with van der Waals surface area (Å²) in [6, 6.07) is 8.95. The van der Waals surface area contributed by atoms with Gasteiger partial charge in [0.2, 0.25) is 0 Å². The summed E-state index contributed by atoms with van der Waals surface area (Å²) >= 11 is 0. The van der Waals surface area contributed by atoms with Crippen molar-refractivity contribution in [1.29, 1.82) is 0 Å². The van der Waals surface area contributed by atoms with Gasteiger partial charge in [0.25, 0.3) is 0 Å². The Kier molecular flexibility index (Phi) is 9.95. The van der Waals surface area contributed by atoms with Gasteiger partial charge in [-0.2, -0.15) is 0 Å². The van der Waals surface area contributed by atoms with Gasteiger partial charge < -0.3 is 0 Å². The lowest BCUT2D eigenvalue weighted by Crippen LogP contribution is -1.88. The average Bonchev–Trinajstić information content (AvgIpc) is 2.46. The largest absolute Gasteiger partial charge is 0.0871 e. The fourth-order valence-electron chi connectivity index (χ4n) is 2.81. The Morgan fingerprint density at radius 2 is 1.57 bits per heavy atom. The number of rotatable bonds is 11. The molecule has 0 amide bonds. The number of allylic oxidation sites excluding steroid dienone is 1. The number of aryl methyl sites for hydroxylation is 1. The van der Waals surface area contributed by atoms with Gasteiger partial charge in [-0.05, 0) is 36.8 Å². The molecule has 118 valence electrons. The topological polar surface area (TPSA) is 0 Å². The predicted molar refractivity (Wildman–Crippen MR) is 96.6 cm³/mol. The van der Waals surface area contributed by atoms with Crippen LogP contribution in [0.4, 0.5) is 0 Å². The summed E-state index contributed by atoms with van der Waals surface area (Å²) in [6.07, 6.45) is 16.8. The molecule has 0 aromatic heterocycles. The Bertz CT molecular complexity index is 387. The van der Waals surface area contributed by atoms with Crippen LogP contribution in [0.2, 0.25) is 0 Å². The molecule has 0 aliphatic heterocycles. The number of hydrogen-bond donors (Lipinski definition) is 0. The van der Waals surface area contributed by atoms with Gasteiger partial charge in [-0.25, -0.2) is 0 Å². The van der Waals surface area contributed by atoms with Crippen LogP contribution < -0.4 is 0 Å². The highest BCUT2D eigenvalue weighted by Gasteiger charge is 1.97. The quantitative estimate of drug-likeness (QED) is 0.383. The number of hydrogen-bond acceptors (Lipinski definition) is 0. The van der Waals surface area contributed by atoms with Gasteiger partial charge in [0.1, 0.15) is 0 Å². The van der Waals surface area contributed by atoms with Crippen molar-refractivity contribution in [3.05, 3.63) is 41.5 Å². The molecule has 0 unspecified atom stereocenters. The van der Waals surface area contributed by atoms with Crippen molar-refractivity contribution in [1.82, 2.24) is 0 Å². The summed E-state index contributed by atoms with van der Waals surface area (Å²) in [5.74, 6) is 0.878. The van der Waals surface area contributed by atoms with Crippen LogP contribution in [-0.2, 0) is 6.42 Å². The van der Waals surface area contributed by atoms with E-state index in [4.69, 9.17) is 0 Å². The minimum absolute atomic E-state index is 0.878. The first-order chi connectivity index (χ1) is 10.2. The van der Waals surface area contributed by atoms with Gasteiger partial charge in [-0.15, -0.1) is 0 Å². The predicted octanol–water partition coefficient (Wildman–Crippen LogP) is 7.04. The Balaban J connectivity index is 2.02. The normalized spacial score (nSPS) is 11.6. The Morgan fingerprint density at radius 1 is 0.905 bits per heavy atom. The molecule has 0 N–H and O–H groups in total. The molecule has 0 aliphatic rings. The molecule has 21 heavy (non-hydrogen) atoms. The molecule has 0 aliphatic carbocycles. The van der Waals surface area contributed by atoms with Crippen molar-refractivity contribution in [3.63, 3.8) is 0 Å². The summed E-state index contributed by atoms with van der Waals surface area (Å²) < 4.78 is 0. The van der Waals surface area contributed by atoms with E-state index in [1.165, 1.54) is 68.9 Å². The second-order valence-corrected chi connectivity index (χ2v) is 6.65. The van der Waals surface area contributed by atoms with Gasteiger partial charge >= 0.3 is 0 Å². The highest BCUT2D eigenvalue weighted by Crippen LogP contribution is 2.14. The zero-order chi connectivity index (χ0) is 15.3. The maximum Gasteiger partial charge on any atom is -0.0257 e. The Hall–Kier alpha value is -1.04. The zero-order valence-electron chi connectivity index (χ0n) is 14.4. The molecule has 0 bridgehead atoms. The van der Waals surface area contributed by atoms with Crippen molar-refractivity contribution in [2.75, 3.05) is 0 Å². The van der Waals surface area contributed by atoms with Crippen molar-refractivity contribution in [2.45, 2.75) is 78.6 Å². The highest BCUT2D eigenvalue weighted by molar-refractivity contribution is 5.49. The third-order valence-electron chi connectivity index (χ3n) is 4.06. The number of benzene rings is 1. The van der Waals surface area contributed by atoms with Crippen LogP contribution in [0.5, 0.6) is 0 Å². The van der Waals surface area contributed by atoms with E-state index in [0.29, 0.717) is 0 Å². The van der Waals surface area contributed by atoms with E-state index in [-0.39, 0.29) is 0 Å². The second kappa shape index (κ2) is 11.6. The van der Waals surface area contributed by atoms with Crippen LogP contribution in [-0.4, -0.2) is 0 Å². The van der Waals surface area contributed by atoms with Crippen LogP contribution in [0.3, 0.4) is 0 Å². The van der Waals surface area contributed by atoms with Gasteiger partial charge in [0.05, 0.1) is 0 Å². The van der Waals surface area contributed by atoms with E-state index < -0.39 is 0 Å². The van der Waals surface area contributed by atoms with Crippen LogP contribution in [0.15, 0.2) is 30.3 Å². The van der Waals surface area contributed by atoms with Crippen molar-refractivity contribution in [2.24, 2.45) is 5.92 Å². The van der Waals surface area contributed by atoms with Crippen LogP contribution >= 0.6 is 0 Å². The standard InChI is InChI=1S/C21H34/c1-4-13-20-16-12-17-21(18-20)15-11-9-7-5-6-8-10-14-19(2)3/h4,12-13,16-19H,5-11,14-15H2,1-3H3. The third-order valence-corrected chi connectivity index (χ3v) is 4.06. The molecular weight excluding hydrogens is 252 g/mol. The summed E-state index contributed by atoms with van der Waals surface area (Å²) in [5, 5.41) is 0. The summed E-state index contributed by atoms with van der Waals surface area (Å²) in [7, 11) is 0. The maximum absolute atomic E-state index is 2.33. The lowest BCUT2D eigenvalue weighted by Gasteiger charge is -2.05. The molecule has 0 saturated carbocycles. The minimum atomic E-state index is 0.878.